The molecule has 0 spiro atoms. The number of carbonyl (C=O) groups excluding carboxylic acids is 1. The second-order valence-electron chi connectivity index (χ2n) is 7.52. The first-order valence-corrected chi connectivity index (χ1v) is 12.7. The number of anilines is 1. The smallest absolute Gasteiger partial charge is 0.260 e. The van der Waals surface area contributed by atoms with Crippen molar-refractivity contribution in [3.05, 3.63) is 75.5 Å². The Labute approximate surface area is 208 Å². The van der Waals surface area contributed by atoms with Gasteiger partial charge in [0.15, 0.2) is 0 Å². The lowest BCUT2D eigenvalue weighted by atomic mass is 10.2. The molecule has 0 saturated heterocycles. The van der Waals surface area contributed by atoms with Crippen LogP contribution in [0, 0.1) is 13.8 Å². The third-order valence-electron chi connectivity index (χ3n) is 5.07. The van der Waals surface area contributed by atoms with E-state index in [0.717, 1.165) is 33.2 Å². The Hall–Kier alpha value is -3.01. The van der Waals surface area contributed by atoms with Gasteiger partial charge < -0.3 is 9.30 Å². The van der Waals surface area contributed by atoms with Gasteiger partial charge in [0.05, 0.1) is 35.3 Å². The number of nitrogens with zero attached hydrogens (tertiary/aromatic N) is 3. The molecule has 3 rings (SSSR count). The van der Waals surface area contributed by atoms with Crippen molar-refractivity contribution in [1.82, 2.24) is 9.99 Å². The van der Waals surface area contributed by atoms with E-state index >= 15 is 0 Å². The van der Waals surface area contributed by atoms with Gasteiger partial charge in [0.25, 0.3) is 5.91 Å². The summed E-state index contributed by atoms with van der Waals surface area (Å²) in [7, 11) is -2.19. The first-order chi connectivity index (χ1) is 16.0. The summed E-state index contributed by atoms with van der Waals surface area (Å²) >= 11 is 12.2. The molecule has 0 aliphatic carbocycles. The van der Waals surface area contributed by atoms with Crippen LogP contribution < -0.4 is 14.5 Å². The predicted molar refractivity (Wildman–Crippen MR) is 136 cm³/mol. The minimum atomic E-state index is -3.70. The molecule has 1 aromatic heterocycles. The van der Waals surface area contributed by atoms with E-state index in [9.17, 15) is 13.2 Å². The van der Waals surface area contributed by atoms with Gasteiger partial charge in [0, 0.05) is 22.6 Å². The molecule has 0 aliphatic rings. The highest BCUT2D eigenvalue weighted by Gasteiger charge is 2.21. The minimum absolute atomic E-state index is 0.340. The van der Waals surface area contributed by atoms with Gasteiger partial charge >= 0.3 is 0 Å². The molecule has 0 unspecified atom stereocenters. The lowest BCUT2D eigenvalue weighted by molar-refractivity contribution is -0.119. The van der Waals surface area contributed by atoms with E-state index in [1.54, 1.807) is 36.4 Å². The highest BCUT2D eigenvalue weighted by molar-refractivity contribution is 7.92. The Kier molecular flexibility index (Phi) is 7.91. The van der Waals surface area contributed by atoms with Gasteiger partial charge in [-0.25, -0.2) is 13.8 Å². The van der Waals surface area contributed by atoms with Crippen LogP contribution in [0.4, 0.5) is 5.69 Å². The maximum Gasteiger partial charge on any atom is 0.260 e. The molecule has 0 aliphatic heterocycles. The molecule has 180 valence electrons. The van der Waals surface area contributed by atoms with Crippen LogP contribution in [-0.4, -0.2) is 45.0 Å². The van der Waals surface area contributed by atoms with Crippen molar-refractivity contribution in [1.29, 1.82) is 0 Å². The van der Waals surface area contributed by atoms with Crippen molar-refractivity contribution in [3.63, 3.8) is 0 Å². The normalized spacial score (nSPS) is 11.6. The molecule has 11 heteroatoms. The summed E-state index contributed by atoms with van der Waals surface area (Å²) in [5, 5.41) is 4.93. The third kappa shape index (κ3) is 5.91. The molecule has 1 amide bonds. The number of methoxy groups -OCH3 is 1. The molecule has 0 saturated carbocycles. The lowest BCUT2D eigenvalue weighted by Gasteiger charge is -2.21. The van der Waals surface area contributed by atoms with Crippen LogP contribution in [0.2, 0.25) is 10.0 Å². The van der Waals surface area contributed by atoms with Crippen LogP contribution >= 0.6 is 23.2 Å². The van der Waals surface area contributed by atoms with Gasteiger partial charge in [0.1, 0.15) is 12.3 Å². The maximum absolute atomic E-state index is 12.4. The third-order valence-corrected chi connectivity index (χ3v) is 6.95. The minimum Gasteiger partial charge on any atom is -0.497 e. The number of hydrazone groups is 1. The largest absolute Gasteiger partial charge is 0.497 e. The van der Waals surface area contributed by atoms with Gasteiger partial charge in [-0.2, -0.15) is 5.10 Å². The topological polar surface area (TPSA) is 93.0 Å². The van der Waals surface area contributed by atoms with Gasteiger partial charge in [0.2, 0.25) is 10.0 Å². The molecule has 0 atom stereocenters. The summed E-state index contributed by atoms with van der Waals surface area (Å²) in [5.41, 5.74) is 6.17. The van der Waals surface area contributed by atoms with Gasteiger partial charge in [-0.15, -0.1) is 0 Å². The Morgan fingerprint density at radius 3 is 2.38 bits per heavy atom. The van der Waals surface area contributed by atoms with Crippen molar-refractivity contribution in [3.8, 4) is 11.4 Å². The molecule has 0 fully saturated rings. The lowest BCUT2D eigenvalue weighted by Crippen LogP contribution is -2.39. The number of rotatable bonds is 8. The summed E-state index contributed by atoms with van der Waals surface area (Å²) in [6, 6.07) is 13.6. The molecular formula is C23H24Cl2N4O4S. The molecule has 34 heavy (non-hydrogen) atoms. The Morgan fingerprint density at radius 2 is 1.79 bits per heavy atom. The fraction of sp³-hybridized carbons (Fsp3) is 0.217. The van der Waals surface area contributed by atoms with E-state index in [4.69, 9.17) is 27.9 Å². The highest BCUT2D eigenvalue weighted by Crippen LogP contribution is 2.27. The zero-order valence-electron chi connectivity index (χ0n) is 19.0. The molecule has 1 N–H and O–H groups in total. The van der Waals surface area contributed by atoms with Crippen LogP contribution in [-0.2, 0) is 14.8 Å². The van der Waals surface area contributed by atoms with E-state index in [1.807, 2.05) is 30.5 Å². The number of aromatic nitrogens is 1. The quantitative estimate of drug-likeness (QED) is 0.352. The van der Waals surface area contributed by atoms with Crippen LogP contribution in [0.3, 0.4) is 0 Å². The molecule has 0 bridgehead atoms. The van der Waals surface area contributed by atoms with Crippen LogP contribution in [0.5, 0.6) is 5.75 Å². The van der Waals surface area contributed by atoms with Gasteiger partial charge in [-0.05, 0) is 62.4 Å². The van der Waals surface area contributed by atoms with Crippen molar-refractivity contribution in [2.75, 3.05) is 24.2 Å². The summed E-state index contributed by atoms with van der Waals surface area (Å²) in [6.07, 6.45) is 2.54. The van der Waals surface area contributed by atoms with Crippen LogP contribution in [0.1, 0.15) is 17.0 Å². The van der Waals surface area contributed by atoms with E-state index in [1.165, 1.54) is 13.3 Å². The van der Waals surface area contributed by atoms with Crippen molar-refractivity contribution >= 4 is 51.0 Å². The number of sulfonamides is 1. The molecule has 0 radical (unpaired) electrons. The summed E-state index contributed by atoms with van der Waals surface area (Å²) in [5.74, 6) is -0.0134. The Balaban J connectivity index is 1.74. The zero-order chi connectivity index (χ0) is 25.0. The number of hydrogen-bond donors (Lipinski definition) is 1. The Morgan fingerprint density at radius 1 is 1.12 bits per heavy atom. The number of amides is 1. The fourth-order valence-corrected chi connectivity index (χ4v) is 4.58. The van der Waals surface area contributed by atoms with Crippen molar-refractivity contribution in [2.45, 2.75) is 13.8 Å². The first-order valence-electron chi connectivity index (χ1n) is 10.1. The Bertz CT molecular complexity index is 1340. The second-order valence-corrected chi connectivity index (χ2v) is 10.2. The second kappa shape index (κ2) is 10.5. The van der Waals surface area contributed by atoms with Crippen molar-refractivity contribution < 1.29 is 17.9 Å². The molecule has 2 aromatic carbocycles. The monoisotopic (exact) mass is 522 g/mol. The van der Waals surface area contributed by atoms with Gasteiger partial charge in [-0.1, -0.05) is 23.2 Å². The summed E-state index contributed by atoms with van der Waals surface area (Å²) < 4.78 is 32.5. The fourth-order valence-electron chi connectivity index (χ4n) is 3.43. The number of halogens is 2. The van der Waals surface area contributed by atoms with Crippen molar-refractivity contribution in [2.24, 2.45) is 5.10 Å². The molecule has 1 heterocycles. The number of carbonyl (C=O) groups is 1. The van der Waals surface area contributed by atoms with Gasteiger partial charge in [-0.3, -0.25) is 9.10 Å². The average Bonchev–Trinajstić information content (AvgIpc) is 3.06. The standard InChI is InChI=1S/C23H24Cl2N4O4S/c1-15-11-17(16(2)29(15)19-7-10-21(24)22(25)12-19)13-26-27-23(30)14-28(34(4,31)32)18-5-8-20(33-3)9-6-18/h5-13H,14H2,1-4H3,(H,27,30)/b26-13-. The number of benzene rings is 2. The SMILES string of the molecule is COc1ccc(N(CC(=O)N/N=C\c2cc(C)n(-c3ccc(Cl)c(Cl)c3)c2C)S(C)(=O)=O)cc1. The highest BCUT2D eigenvalue weighted by atomic mass is 35.5. The van der Waals surface area contributed by atoms with E-state index in [0.29, 0.717) is 21.5 Å². The number of hydrogen-bond acceptors (Lipinski definition) is 5. The number of ether oxygens (including phenoxy) is 1. The van der Waals surface area contributed by atoms with E-state index in [2.05, 4.69) is 10.5 Å². The van der Waals surface area contributed by atoms with Crippen LogP contribution in [0.25, 0.3) is 5.69 Å². The summed E-state index contributed by atoms with van der Waals surface area (Å²) in [6.45, 7) is 3.42. The predicted octanol–water partition coefficient (Wildman–Crippen LogP) is 4.33. The van der Waals surface area contributed by atoms with E-state index in [-0.39, 0.29) is 0 Å². The maximum atomic E-state index is 12.4. The summed E-state index contributed by atoms with van der Waals surface area (Å²) in [4.78, 5) is 12.4. The number of aryl methyl sites for hydroxylation is 1. The first kappa shape index (κ1) is 25.6. The molecule has 3 aromatic rings. The van der Waals surface area contributed by atoms with Crippen LogP contribution in [0.15, 0.2) is 53.6 Å². The molecular weight excluding hydrogens is 499 g/mol. The average molecular weight is 523 g/mol. The van der Waals surface area contributed by atoms with E-state index < -0.39 is 22.5 Å². The zero-order valence-corrected chi connectivity index (χ0v) is 21.4. The molecule has 8 nitrogen and oxygen atoms in total. The number of nitrogens with one attached hydrogen (secondary N) is 1.